The average Bonchev–Trinajstić information content (AvgIpc) is 3.09. The molecule has 3 heterocycles. The molecule has 0 saturated carbocycles. The van der Waals surface area contributed by atoms with Crippen LogP contribution in [0.2, 0.25) is 0 Å². The number of benzene rings is 1. The van der Waals surface area contributed by atoms with Gasteiger partial charge in [0.15, 0.2) is 0 Å². The summed E-state index contributed by atoms with van der Waals surface area (Å²) in [7, 11) is 0. The Kier molecular flexibility index (Phi) is 2.81. The molecule has 1 saturated heterocycles. The Morgan fingerprint density at radius 1 is 1.05 bits per heavy atom. The number of fused-ring (bicyclic) bond motifs is 2. The Bertz CT molecular complexity index is 563. The molecule has 0 aromatic heterocycles. The lowest BCUT2D eigenvalue weighted by atomic mass is 9.82. The summed E-state index contributed by atoms with van der Waals surface area (Å²) in [6, 6.07) is 0. The molecule has 3 unspecified atom stereocenters. The van der Waals surface area contributed by atoms with Crippen molar-refractivity contribution in [2.75, 3.05) is 6.54 Å². The molecule has 3 aliphatic heterocycles. The summed E-state index contributed by atoms with van der Waals surface area (Å²) < 4.78 is 12.4. The maximum absolute atomic E-state index is 6.26. The van der Waals surface area contributed by atoms with Gasteiger partial charge in [-0.3, -0.25) is 0 Å². The Labute approximate surface area is 127 Å². The van der Waals surface area contributed by atoms with Crippen LogP contribution in [0.1, 0.15) is 55.9 Å². The number of hydrogen-bond acceptors (Lipinski definition) is 3. The third-order valence-corrected chi connectivity index (χ3v) is 5.41. The normalized spacial score (nSPS) is 33.5. The van der Waals surface area contributed by atoms with Crippen LogP contribution in [0.4, 0.5) is 0 Å². The molecule has 21 heavy (non-hydrogen) atoms. The molecule has 1 N–H and O–H groups in total. The van der Waals surface area contributed by atoms with E-state index in [1.54, 1.807) is 0 Å². The molecule has 1 fully saturated rings. The van der Waals surface area contributed by atoms with Gasteiger partial charge >= 0.3 is 0 Å². The van der Waals surface area contributed by atoms with Crippen LogP contribution in [-0.4, -0.2) is 18.8 Å². The van der Waals surface area contributed by atoms with Crippen molar-refractivity contribution in [2.24, 2.45) is 0 Å². The number of hydrogen-bond donors (Lipinski definition) is 1. The molecule has 3 atom stereocenters. The molecule has 4 rings (SSSR count). The molecule has 0 aliphatic carbocycles. The van der Waals surface area contributed by atoms with Crippen LogP contribution in [0.5, 0.6) is 11.5 Å². The van der Waals surface area contributed by atoms with Gasteiger partial charge in [-0.05, 0) is 52.6 Å². The zero-order chi connectivity index (χ0) is 14.8. The van der Waals surface area contributed by atoms with Gasteiger partial charge in [-0.25, -0.2) is 0 Å². The summed E-state index contributed by atoms with van der Waals surface area (Å²) in [5.74, 6) is 2.30. The van der Waals surface area contributed by atoms with Crippen LogP contribution < -0.4 is 14.8 Å². The topological polar surface area (TPSA) is 30.5 Å². The minimum atomic E-state index is 0.0410. The molecule has 1 aromatic rings. The first-order chi connectivity index (χ1) is 9.99. The van der Waals surface area contributed by atoms with Crippen molar-refractivity contribution >= 4 is 0 Å². The smallest absolute Gasteiger partial charge is 0.128 e. The molecule has 3 heteroatoms. The predicted octanol–water partition coefficient (Wildman–Crippen LogP) is 3.24. The van der Waals surface area contributed by atoms with Crippen LogP contribution in [0.25, 0.3) is 0 Å². The first-order valence-corrected chi connectivity index (χ1v) is 8.27. The number of ether oxygens (including phenoxy) is 2. The summed E-state index contributed by atoms with van der Waals surface area (Å²) in [5, 5.41) is 3.72. The fourth-order valence-electron chi connectivity index (χ4n) is 4.42. The highest BCUT2D eigenvalue weighted by molar-refractivity contribution is 5.64. The van der Waals surface area contributed by atoms with Crippen molar-refractivity contribution < 1.29 is 9.47 Å². The Morgan fingerprint density at radius 3 is 2.38 bits per heavy atom. The quantitative estimate of drug-likeness (QED) is 0.860. The first kappa shape index (κ1) is 13.4. The number of rotatable bonds is 1. The molecule has 3 aliphatic rings. The molecular weight excluding hydrogens is 262 g/mol. The fourth-order valence-corrected chi connectivity index (χ4v) is 4.42. The minimum Gasteiger partial charge on any atom is -0.490 e. The van der Waals surface area contributed by atoms with Crippen molar-refractivity contribution in [3.63, 3.8) is 0 Å². The summed E-state index contributed by atoms with van der Waals surface area (Å²) in [6.07, 6.45) is 4.99. The highest BCUT2D eigenvalue weighted by Crippen LogP contribution is 2.51. The van der Waals surface area contributed by atoms with E-state index in [4.69, 9.17) is 9.47 Å². The van der Waals surface area contributed by atoms with Gasteiger partial charge in [0, 0.05) is 35.1 Å². The van der Waals surface area contributed by atoms with E-state index in [-0.39, 0.29) is 17.7 Å². The summed E-state index contributed by atoms with van der Waals surface area (Å²) in [4.78, 5) is 0. The van der Waals surface area contributed by atoms with Gasteiger partial charge in [-0.2, -0.15) is 0 Å². The monoisotopic (exact) mass is 287 g/mol. The molecule has 0 radical (unpaired) electrons. The third kappa shape index (κ3) is 1.83. The SMILES string of the molecule is Cc1c2c(c(C3(C)CCCN3)c3c1OC(C)C3)OC(C)C2. The van der Waals surface area contributed by atoms with Gasteiger partial charge in [-0.1, -0.05) is 0 Å². The van der Waals surface area contributed by atoms with Crippen molar-refractivity contribution in [2.45, 2.75) is 71.1 Å². The van der Waals surface area contributed by atoms with E-state index in [1.807, 2.05) is 0 Å². The summed E-state index contributed by atoms with van der Waals surface area (Å²) in [5.41, 5.74) is 5.51. The lowest BCUT2D eigenvalue weighted by Crippen LogP contribution is -2.34. The molecule has 0 bridgehead atoms. The zero-order valence-corrected chi connectivity index (χ0v) is 13.5. The van der Waals surface area contributed by atoms with Crippen LogP contribution in [-0.2, 0) is 18.4 Å². The maximum Gasteiger partial charge on any atom is 0.128 e. The lowest BCUT2D eigenvalue weighted by Gasteiger charge is -2.30. The van der Waals surface area contributed by atoms with E-state index in [2.05, 4.69) is 33.0 Å². The van der Waals surface area contributed by atoms with Crippen LogP contribution in [0.15, 0.2) is 0 Å². The van der Waals surface area contributed by atoms with Crippen LogP contribution in [0.3, 0.4) is 0 Å². The van der Waals surface area contributed by atoms with Gasteiger partial charge in [0.25, 0.3) is 0 Å². The minimum absolute atomic E-state index is 0.0410. The fraction of sp³-hybridized carbons (Fsp3) is 0.667. The molecule has 0 amide bonds. The standard InChI is InChI=1S/C18H25NO2/c1-10-8-13-12(3)16-14(9-11(2)20-16)15(17(13)21-10)18(4)6-5-7-19-18/h10-11,19H,5-9H2,1-4H3. The zero-order valence-electron chi connectivity index (χ0n) is 13.5. The van der Waals surface area contributed by atoms with Crippen molar-refractivity contribution in [3.05, 3.63) is 22.3 Å². The Hall–Kier alpha value is -1.22. The molecule has 1 aromatic carbocycles. The van der Waals surface area contributed by atoms with Gasteiger partial charge in [0.2, 0.25) is 0 Å². The van der Waals surface area contributed by atoms with Crippen molar-refractivity contribution in [1.29, 1.82) is 0 Å². The predicted molar refractivity (Wildman–Crippen MR) is 83.4 cm³/mol. The Morgan fingerprint density at radius 2 is 1.71 bits per heavy atom. The maximum atomic E-state index is 6.26. The third-order valence-electron chi connectivity index (χ3n) is 5.41. The summed E-state index contributed by atoms with van der Waals surface area (Å²) >= 11 is 0. The number of nitrogens with one attached hydrogen (secondary N) is 1. The van der Waals surface area contributed by atoms with Crippen molar-refractivity contribution in [3.8, 4) is 11.5 Å². The van der Waals surface area contributed by atoms with E-state index in [1.165, 1.54) is 35.1 Å². The van der Waals surface area contributed by atoms with E-state index in [9.17, 15) is 0 Å². The second-order valence-electron chi connectivity index (χ2n) is 7.24. The van der Waals surface area contributed by atoms with Crippen molar-refractivity contribution in [1.82, 2.24) is 5.32 Å². The second kappa shape index (κ2) is 4.39. The van der Waals surface area contributed by atoms with E-state index in [0.717, 1.165) is 30.9 Å². The first-order valence-electron chi connectivity index (χ1n) is 8.27. The van der Waals surface area contributed by atoms with E-state index >= 15 is 0 Å². The largest absolute Gasteiger partial charge is 0.490 e. The lowest BCUT2D eigenvalue weighted by molar-refractivity contribution is 0.246. The highest BCUT2D eigenvalue weighted by Gasteiger charge is 2.42. The van der Waals surface area contributed by atoms with Gasteiger partial charge in [0.1, 0.15) is 23.7 Å². The van der Waals surface area contributed by atoms with Crippen LogP contribution >= 0.6 is 0 Å². The second-order valence-corrected chi connectivity index (χ2v) is 7.24. The average molecular weight is 287 g/mol. The van der Waals surface area contributed by atoms with Gasteiger partial charge < -0.3 is 14.8 Å². The van der Waals surface area contributed by atoms with E-state index < -0.39 is 0 Å². The Balaban J connectivity index is 1.97. The molecule has 114 valence electrons. The molecular formula is C18H25NO2. The van der Waals surface area contributed by atoms with Crippen LogP contribution in [0, 0.1) is 6.92 Å². The van der Waals surface area contributed by atoms with E-state index in [0.29, 0.717) is 0 Å². The summed E-state index contributed by atoms with van der Waals surface area (Å²) in [6.45, 7) is 9.97. The molecule has 3 nitrogen and oxygen atoms in total. The highest BCUT2D eigenvalue weighted by atomic mass is 16.5. The van der Waals surface area contributed by atoms with Gasteiger partial charge in [0.05, 0.1) is 0 Å². The van der Waals surface area contributed by atoms with Gasteiger partial charge in [-0.15, -0.1) is 0 Å². The molecule has 0 spiro atoms.